The van der Waals surface area contributed by atoms with Crippen molar-refractivity contribution in [2.75, 3.05) is 13.2 Å². The molecule has 0 aliphatic carbocycles. The Kier molecular flexibility index (Phi) is 5.93. The zero-order valence-electron chi connectivity index (χ0n) is 9.07. The van der Waals surface area contributed by atoms with Crippen molar-refractivity contribution < 1.29 is 23.1 Å². The van der Waals surface area contributed by atoms with Crippen LogP contribution >= 0.6 is 8.25 Å². The Hall–Kier alpha value is -1.71. The number of benzene rings is 1. The topological polar surface area (TPSA) is 61.8 Å². The van der Waals surface area contributed by atoms with Gasteiger partial charge in [-0.25, -0.2) is 9.32 Å². The number of para-hydroxylation sites is 1. The van der Waals surface area contributed by atoms with Gasteiger partial charge < -0.3 is 4.74 Å². The van der Waals surface area contributed by atoms with E-state index in [0.29, 0.717) is 5.75 Å². The van der Waals surface area contributed by atoms with Crippen LogP contribution in [0.5, 0.6) is 5.75 Å². The summed E-state index contributed by atoms with van der Waals surface area (Å²) in [7, 11) is -2.26. The van der Waals surface area contributed by atoms with E-state index in [1.165, 1.54) is 0 Å². The highest BCUT2D eigenvalue weighted by atomic mass is 31.1. The van der Waals surface area contributed by atoms with Gasteiger partial charge in [-0.05, 0) is 12.1 Å². The first kappa shape index (κ1) is 13.4. The Morgan fingerprint density at radius 3 is 2.65 bits per heavy atom. The van der Waals surface area contributed by atoms with Crippen LogP contribution in [0.2, 0.25) is 0 Å². The highest BCUT2D eigenvalue weighted by Gasteiger charge is 2.21. The lowest BCUT2D eigenvalue weighted by atomic mass is 10.3. The number of ether oxygens (including phenoxy) is 1. The first-order chi connectivity index (χ1) is 8.22. The molecule has 0 aliphatic heterocycles. The van der Waals surface area contributed by atoms with Crippen LogP contribution in [0, 0.1) is 0 Å². The quantitative estimate of drug-likeness (QED) is 0.324. The van der Waals surface area contributed by atoms with Crippen molar-refractivity contribution >= 4 is 14.2 Å². The van der Waals surface area contributed by atoms with Crippen molar-refractivity contribution in [3.05, 3.63) is 43.0 Å². The SMILES string of the molecule is C=CC(=O)OCCO[P+](=O)Oc1ccccc1. The van der Waals surface area contributed by atoms with Gasteiger partial charge in [0, 0.05) is 10.6 Å². The molecule has 1 aromatic rings. The molecule has 0 saturated carbocycles. The Balaban J connectivity index is 2.18. The molecule has 17 heavy (non-hydrogen) atoms. The molecule has 5 nitrogen and oxygen atoms in total. The van der Waals surface area contributed by atoms with E-state index in [9.17, 15) is 9.36 Å². The molecule has 0 N–H and O–H groups in total. The van der Waals surface area contributed by atoms with E-state index in [2.05, 4.69) is 11.3 Å². The van der Waals surface area contributed by atoms with Crippen LogP contribution in [0.1, 0.15) is 0 Å². The summed E-state index contributed by atoms with van der Waals surface area (Å²) in [5, 5.41) is 0. The third-order valence-electron chi connectivity index (χ3n) is 1.61. The molecule has 1 unspecified atom stereocenters. The van der Waals surface area contributed by atoms with Gasteiger partial charge in [0.15, 0.2) is 5.75 Å². The zero-order chi connectivity index (χ0) is 12.5. The molecule has 0 spiro atoms. The van der Waals surface area contributed by atoms with E-state index >= 15 is 0 Å². The number of hydrogen-bond acceptors (Lipinski definition) is 5. The van der Waals surface area contributed by atoms with Crippen LogP contribution in [-0.4, -0.2) is 19.2 Å². The maximum Gasteiger partial charge on any atom is 0.750 e. The lowest BCUT2D eigenvalue weighted by molar-refractivity contribution is -0.138. The fourth-order valence-electron chi connectivity index (χ4n) is 0.907. The number of hydrogen-bond donors (Lipinski definition) is 0. The fraction of sp³-hybridized carbons (Fsp3) is 0.182. The molecule has 0 aromatic heterocycles. The van der Waals surface area contributed by atoms with Crippen molar-refractivity contribution in [2.24, 2.45) is 0 Å². The smallest absolute Gasteiger partial charge is 0.460 e. The van der Waals surface area contributed by atoms with Crippen molar-refractivity contribution in [1.82, 2.24) is 0 Å². The summed E-state index contributed by atoms with van der Waals surface area (Å²) in [4.78, 5) is 10.6. The third kappa shape index (κ3) is 5.80. The van der Waals surface area contributed by atoms with Crippen LogP contribution < -0.4 is 4.52 Å². The minimum atomic E-state index is -2.26. The van der Waals surface area contributed by atoms with Crippen LogP contribution in [0.3, 0.4) is 0 Å². The summed E-state index contributed by atoms with van der Waals surface area (Å²) in [5.41, 5.74) is 0. The maximum atomic E-state index is 11.3. The number of carbonyl (C=O) groups is 1. The molecule has 0 bridgehead atoms. The molecule has 6 heteroatoms. The molecule has 90 valence electrons. The maximum absolute atomic E-state index is 11.3. The molecule has 0 amide bonds. The summed E-state index contributed by atoms with van der Waals surface area (Å²) < 4.78 is 25.7. The highest BCUT2D eigenvalue weighted by Crippen LogP contribution is 2.27. The Morgan fingerprint density at radius 2 is 2.00 bits per heavy atom. The average Bonchev–Trinajstić information content (AvgIpc) is 2.35. The first-order valence-electron chi connectivity index (χ1n) is 4.85. The van der Waals surface area contributed by atoms with Crippen molar-refractivity contribution in [3.8, 4) is 5.75 Å². The second-order valence-corrected chi connectivity index (χ2v) is 3.72. The van der Waals surface area contributed by atoms with E-state index < -0.39 is 14.2 Å². The normalized spacial score (nSPS) is 10.5. The van der Waals surface area contributed by atoms with Crippen LogP contribution in [0.25, 0.3) is 0 Å². The molecule has 0 fully saturated rings. The molecule has 0 aliphatic rings. The monoisotopic (exact) mass is 255 g/mol. The van der Waals surface area contributed by atoms with Crippen molar-refractivity contribution in [3.63, 3.8) is 0 Å². The van der Waals surface area contributed by atoms with Gasteiger partial charge in [0.25, 0.3) is 0 Å². The van der Waals surface area contributed by atoms with Crippen molar-refractivity contribution in [2.45, 2.75) is 0 Å². The number of carbonyl (C=O) groups excluding carboxylic acids is 1. The molecule has 1 atom stereocenters. The van der Waals surface area contributed by atoms with E-state index in [1.807, 2.05) is 6.07 Å². The lowest BCUT2D eigenvalue weighted by Gasteiger charge is -1.96. The molecular weight excluding hydrogens is 243 g/mol. The predicted octanol–water partition coefficient (Wildman–Crippen LogP) is 2.47. The fourth-order valence-corrected chi connectivity index (χ4v) is 1.48. The van der Waals surface area contributed by atoms with Gasteiger partial charge in [-0.3, -0.25) is 0 Å². The van der Waals surface area contributed by atoms with Gasteiger partial charge in [0.1, 0.15) is 13.2 Å². The van der Waals surface area contributed by atoms with Crippen LogP contribution in [0.4, 0.5) is 0 Å². The Morgan fingerprint density at radius 1 is 1.29 bits per heavy atom. The van der Waals surface area contributed by atoms with E-state index in [1.54, 1.807) is 24.3 Å². The second kappa shape index (κ2) is 7.54. The number of esters is 1. The van der Waals surface area contributed by atoms with Crippen molar-refractivity contribution in [1.29, 1.82) is 0 Å². The molecular formula is C11H12O5P+. The highest BCUT2D eigenvalue weighted by molar-refractivity contribution is 7.33. The molecule has 0 saturated heterocycles. The third-order valence-corrected chi connectivity index (χ3v) is 2.37. The first-order valence-corrected chi connectivity index (χ1v) is 5.94. The van der Waals surface area contributed by atoms with Gasteiger partial charge in [-0.2, -0.15) is 0 Å². The predicted molar refractivity (Wildman–Crippen MR) is 61.8 cm³/mol. The Labute approximate surface area is 99.9 Å². The summed E-state index contributed by atoms with van der Waals surface area (Å²) >= 11 is 0. The lowest BCUT2D eigenvalue weighted by Crippen LogP contribution is -2.06. The summed E-state index contributed by atoms with van der Waals surface area (Å²) in [6.45, 7) is 3.24. The summed E-state index contributed by atoms with van der Waals surface area (Å²) in [6, 6.07) is 8.65. The number of rotatable bonds is 7. The summed E-state index contributed by atoms with van der Waals surface area (Å²) in [6.07, 6.45) is 1.04. The average molecular weight is 255 g/mol. The van der Waals surface area contributed by atoms with Gasteiger partial charge in [-0.15, -0.1) is 4.52 Å². The van der Waals surface area contributed by atoms with Crippen LogP contribution in [-0.2, 0) is 18.6 Å². The van der Waals surface area contributed by atoms with E-state index in [0.717, 1.165) is 6.08 Å². The molecule has 0 radical (unpaired) electrons. The minimum Gasteiger partial charge on any atom is -0.460 e. The van der Waals surface area contributed by atoms with E-state index in [-0.39, 0.29) is 13.2 Å². The van der Waals surface area contributed by atoms with Gasteiger partial charge in [0.05, 0.1) is 0 Å². The van der Waals surface area contributed by atoms with Gasteiger partial charge in [-0.1, -0.05) is 24.8 Å². The van der Waals surface area contributed by atoms with Gasteiger partial charge >= 0.3 is 14.2 Å². The molecule has 1 rings (SSSR count). The van der Waals surface area contributed by atoms with Crippen LogP contribution in [0.15, 0.2) is 43.0 Å². The largest absolute Gasteiger partial charge is 0.750 e. The Bertz CT molecular complexity index is 390. The zero-order valence-corrected chi connectivity index (χ0v) is 9.97. The standard InChI is InChI=1S/C11H12O5P/c1-2-11(12)14-8-9-15-17(13)16-10-6-4-3-5-7-10/h2-7H,1,8-9H2/q+1. The summed E-state index contributed by atoms with van der Waals surface area (Å²) in [5.74, 6) is -0.0931. The second-order valence-electron chi connectivity index (χ2n) is 2.83. The molecule has 1 aromatic carbocycles. The minimum absolute atomic E-state index is 0.00160. The van der Waals surface area contributed by atoms with E-state index in [4.69, 9.17) is 9.05 Å². The van der Waals surface area contributed by atoms with Gasteiger partial charge in [0.2, 0.25) is 0 Å². The molecule has 0 heterocycles.